The summed E-state index contributed by atoms with van der Waals surface area (Å²) in [5.74, 6) is 0.0888. The van der Waals surface area contributed by atoms with E-state index in [1.807, 2.05) is 20.8 Å². The first-order valence-electron chi connectivity index (χ1n) is 7.91. The molecule has 0 saturated heterocycles. The minimum atomic E-state index is -4.52. The molecule has 0 bridgehead atoms. The normalized spacial score (nSPS) is 12.5. The van der Waals surface area contributed by atoms with E-state index in [0.29, 0.717) is 12.5 Å². The first-order chi connectivity index (χ1) is 12.0. The van der Waals surface area contributed by atoms with Gasteiger partial charge in [0.15, 0.2) is 5.96 Å². The standard InChI is InChI=1S/C15H24F3N7O/c1-14(2,3)25-11(26)9-23-12(19-4)21-7-8-22-13-20-6-5-10(24-13)15(16,17)18/h5-6H,7-9H2,1-4H3,(H,25,26)(H2,19,21,23)(H,20,22,24). The van der Waals surface area contributed by atoms with Crippen molar-refractivity contribution in [3.05, 3.63) is 18.0 Å². The topological polar surface area (TPSA) is 103 Å². The zero-order valence-corrected chi connectivity index (χ0v) is 15.2. The Balaban J connectivity index is 2.36. The number of aliphatic imine (C=N–C) groups is 1. The monoisotopic (exact) mass is 375 g/mol. The molecule has 0 aromatic carbocycles. The van der Waals surface area contributed by atoms with Gasteiger partial charge in [-0.15, -0.1) is 0 Å². The SMILES string of the molecule is CN=C(NCCNc1nccc(C(F)(F)F)n1)NCC(=O)NC(C)(C)C. The summed E-state index contributed by atoms with van der Waals surface area (Å²) in [5.41, 5.74) is -1.34. The van der Waals surface area contributed by atoms with Crippen LogP contribution in [-0.4, -0.2) is 54.1 Å². The Hall–Kier alpha value is -2.59. The van der Waals surface area contributed by atoms with Gasteiger partial charge in [0.05, 0.1) is 6.54 Å². The Bertz CT molecular complexity index is 626. The summed E-state index contributed by atoms with van der Waals surface area (Å²) in [6.07, 6.45) is -3.48. The maximum atomic E-state index is 12.6. The number of carbonyl (C=O) groups is 1. The molecule has 8 nitrogen and oxygen atoms in total. The Morgan fingerprint density at radius 3 is 2.46 bits per heavy atom. The summed E-state index contributed by atoms with van der Waals surface area (Å²) in [6.45, 7) is 6.26. The average Bonchev–Trinajstić information content (AvgIpc) is 2.52. The molecule has 26 heavy (non-hydrogen) atoms. The van der Waals surface area contributed by atoms with Gasteiger partial charge in [-0.25, -0.2) is 9.97 Å². The van der Waals surface area contributed by atoms with E-state index in [2.05, 4.69) is 36.2 Å². The van der Waals surface area contributed by atoms with Crippen LogP contribution in [0.25, 0.3) is 0 Å². The van der Waals surface area contributed by atoms with Crippen molar-refractivity contribution < 1.29 is 18.0 Å². The lowest BCUT2D eigenvalue weighted by molar-refractivity contribution is -0.141. The van der Waals surface area contributed by atoms with Crippen molar-refractivity contribution in [1.82, 2.24) is 25.9 Å². The van der Waals surface area contributed by atoms with Crippen LogP contribution in [0.3, 0.4) is 0 Å². The zero-order valence-electron chi connectivity index (χ0n) is 15.2. The van der Waals surface area contributed by atoms with E-state index in [1.54, 1.807) is 7.05 Å². The Labute approximate surface area is 150 Å². The molecule has 0 aliphatic rings. The van der Waals surface area contributed by atoms with Gasteiger partial charge in [-0.2, -0.15) is 13.2 Å². The molecule has 1 aromatic heterocycles. The van der Waals surface area contributed by atoms with Crippen LogP contribution in [0, 0.1) is 0 Å². The Morgan fingerprint density at radius 2 is 1.88 bits per heavy atom. The van der Waals surface area contributed by atoms with Crippen molar-refractivity contribution in [1.29, 1.82) is 0 Å². The van der Waals surface area contributed by atoms with Crippen LogP contribution in [0.2, 0.25) is 0 Å². The van der Waals surface area contributed by atoms with Crippen LogP contribution >= 0.6 is 0 Å². The molecule has 0 atom stereocenters. The van der Waals surface area contributed by atoms with Crippen molar-refractivity contribution in [2.24, 2.45) is 4.99 Å². The fraction of sp³-hybridized carbons (Fsp3) is 0.600. The molecule has 11 heteroatoms. The third-order valence-corrected chi connectivity index (χ3v) is 2.80. The third kappa shape index (κ3) is 8.49. The average molecular weight is 375 g/mol. The van der Waals surface area contributed by atoms with Crippen molar-refractivity contribution in [3.8, 4) is 0 Å². The Kier molecular flexibility index (Phi) is 7.59. The van der Waals surface area contributed by atoms with Gasteiger partial charge >= 0.3 is 6.18 Å². The molecule has 1 rings (SSSR count). The number of hydrogen-bond donors (Lipinski definition) is 4. The van der Waals surface area contributed by atoms with E-state index in [9.17, 15) is 18.0 Å². The van der Waals surface area contributed by atoms with E-state index in [1.165, 1.54) is 0 Å². The van der Waals surface area contributed by atoms with E-state index < -0.39 is 11.9 Å². The van der Waals surface area contributed by atoms with E-state index in [-0.39, 0.29) is 30.5 Å². The highest BCUT2D eigenvalue weighted by molar-refractivity contribution is 5.86. The first-order valence-corrected chi connectivity index (χ1v) is 7.91. The van der Waals surface area contributed by atoms with Gasteiger partial charge in [0.1, 0.15) is 5.69 Å². The van der Waals surface area contributed by atoms with Crippen LogP contribution in [0.1, 0.15) is 26.5 Å². The number of hydrogen-bond acceptors (Lipinski definition) is 5. The quantitative estimate of drug-likeness (QED) is 0.336. The summed E-state index contributed by atoms with van der Waals surface area (Å²) in [4.78, 5) is 22.8. The maximum Gasteiger partial charge on any atom is 0.433 e. The minimum Gasteiger partial charge on any atom is -0.355 e. The van der Waals surface area contributed by atoms with Gasteiger partial charge in [0, 0.05) is 31.9 Å². The molecule has 0 unspecified atom stereocenters. The number of guanidine groups is 1. The molecule has 0 radical (unpaired) electrons. The van der Waals surface area contributed by atoms with Gasteiger partial charge in [-0.05, 0) is 26.8 Å². The number of aromatic nitrogens is 2. The predicted octanol–water partition coefficient (Wildman–Crippen LogP) is 0.987. The minimum absolute atomic E-state index is 0.0428. The van der Waals surface area contributed by atoms with E-state index in [0.717, 1.165) is 12.3 Å². The molecular weight excluding hydrogens is 351 g/mol. The predicted molar refractivity (Wildman–Crippen MR) is 92.8 cm³/mol. The lowest BCUT2D eigenvalue weighted by atomic mass is 10.1. The van der Waals surface area contributed by atoms with Crippen LogP contribution in [0.15, 0.2) is 17.3 Å². The summed E-state index contributed by atoms with van der Waals surface area (Å²) in [7, 11) is 1.54. The molecule has 0 spiro atoms. The van der Waals surface area contributed by atoms with Crippen molar-refractivity contribution in [3.63, 3.8) is 0 Å². The highest BCUT2D eigenvalue weighted by atomic mass is 19.4. The van der Waals surface area contributed by atoms with Gasteiger partial charge in [-0.1, -0.05) is 0 Å². The Morgan fingerprint density at radius 1 is 1.19 bits per heavy atom. The molecule has 1 heterocycles. The number of nitrogens with one attached hydrogen (secondary N) is 4. The number of amides is 1. The third-order valence-electron chi connectivity index (χ3n) is 2.80. The fourth-order valence-corrected chi connectivity index (χ4v) is 1.80. The smallest absolute Gasteiger partial charge is 0.355 e. The highest BCUT2D eigenvalue weighted by Gasteiger charge is 2.32. The molecule has 0 aliphatic heterocycles. The molecule has 4 N–H and O–H groups in total. The van der Waals surface area contributed by atoms with Gasteiger partial charge in [0.25, 0.3) is 0 Å². The van der Waals surface area contributed by atoms with Crippen molar-refractivity contribution >= 4 is 17.8 Å². The summed E-state index contributed by atoms with van der Waals surface area (Å²) in [5, 5.41) is 11.2. The molecule has 0 saturated carbocycles. The first kappa shape index (κ1) is 21.5. The lowest BCUT2D eigenvalue weighted by Gasteiger charge is -2.21. The van der Waals surface area contributed by atoms with Crippen molar-refractivity contribution in [2.45, 2.75) is 32.5 Å². The number of alkyl halides is 3. The second-order valence-corrected chi connectivity index (χ2v) is 6.34. The highest BCUT2D eigenvalue weighted by Crippen LogP contribution is 2.27. The van der Waals surface area contributed by atoms with E-state index in [4.69, 9.17) is 0 Å². The number of anilines is 1. The van der Waals surface area contributed by atoms with Crippen molar-refractivity contribution in [2.75, 3.05) is 32.0 Å². The number of halogens is 3. The van der Waals surface area contributed by atoms with Gasteiger partial charge < -0.3 is 21.3 Å². The van der Waals surface area contributed by atoms with Crippen LogP contribution < -0.4 is 21.3 Å². The zero-order chi connectivity index (χ0) is 19.8. The molecular formula is C15H24F3N7O. The summed E-state index contributed by atoms with van der Waals surface area (Å²) in [6, 6.07) is 0.803. The maximum absolute atomic E-state index is 12.6. The lowest BCUT2D eigenvalue weighted by Crippen LogP contribution is -2.48. The molecule has 1 amide bonds. The molecule has 1 aromatic rings. The number of carbonyl (C=O) groups excluding carboxylic acids is 1. The second kappa shape index (κ2) is 9.20. The van der Waals surface area contributed by atoms with Crippen LogP contribution in [-0.2, 0) is 11.0 Å². The van der Waals surface area contributed by atoms with E-state index >= 15 is 0 Å². The summed E-state index contributed by atoms with van der Waals surface area (Å²) >= 11 is 0. The molecule has 146 valence electrons. The van der Waals surface area contributed by atoms with Gasteiger partial charge in [0.2, 0.25) is 11.9 Å². The second-order valence-electron chi connectivity index (χ2n) is 6.34. The van der Waals surface area contributed by atoms with Gasteiger partial charge in [-0.3, -0.25) is 9.79 Å². The van der Waals surface area contributed by atoms with Crippen LogP contribution in [0.5, 0.6) is 0 Å². The molecule has 0 aliphatic carbocycles. The molecule has 0 fully saturated rings. The summed E-state index contributed by atoms with van der Waals surface area (Å²) < 4.78 is 37.7. The number of nitrogens with zero attached hydrogens (tertiary/aromatic N) is 3. The van der Waals surface area contributed by atoms with Crippen LogP contribution in [0.4, 0.5) is 19.1 Å². The largest absolute Gasteiger partial charge is 0.433 e. The number of rotatable bonds is 6. The fourth-order valence-electron chi connectivity index (χ4n) is 1.80.